The third-order valence-corrected chi connectivity index (χ3v) is 2.46. The summed E-state index contributed by atoms with van der Waals surface area (Å²) in [5.41, 5.74) is 6.17. The minimum atomic E-state index is -0.720. The molecule has 0 fully saturated rings. The number of H-pyrrole nitrogens is 1. The number of benzene rings is 1. The van der Waals surface area contributed by atoms with Crippen molar-refractivity contribution in [2.75, 3.05) is 6.61 Å². The number of esters is 1. The maximum absolute atomic E-state index is 11.8. The molecule has 98 valence electrons. The molecule has 0 aliphatic heterocycles. The van der Waals surface area contributed by atoms with Gasteiger partial charge in [0, 0.05) is 5.56 Å². The van der Waals surface area contributed by atoms with Gasteiger partial charge in [-0.05, 0) is 13.0 Å². The SMILES string of the molecule is CCOC(=O)c1ccccc1-c1n[nH]nc1C(N)=O. The van der Waals surface area contributed by atoms with Crippen LogP contribution in [0.3, 0.4) is 0 Å². The highest BCUT2D eigenvalue weighted by Crippen LogP contribution is 2.24. The molecule has 7 heteroatoms. The molecule has 0 aliphatic carbocycles. The number of hydrogen-bond acceptors (Lipinski definition) is 5. The van der Waals surface area contributed by atoms with Crippen molar-refractivity contribution in [2.24, 2.45) is 5.73 Å². The van der Waals surface area contributed by atoms with Gasteiger partial charge in [-0.2, -0.15) is 15.4 Å². The van der Waals surface area contributed by atoms with Gasteiger partial charge in [0.1, 0.15) is 5.69 Å². The highest BCUT2D eigenvalue weighted by atomic mass is 16.5. The van der Waals surface area contributed by atoms with Crippen LogP contribution in [0.2, 0.25) is 0 Å². The number of amides is 1. The van der Waals surface area contributed by atoms with E-state index in [0.29, 0.717) is 11.1 Å². The summed E-state index contributed by atoms with van der Waals surface area (Å²) in [5.74, 6) is -1.21. The van der Waals surface area contributed by atoms with E-state index < -0.39 is 11.9 Å². The van der Waals surface area contributed by atoms with E-state index in [1.807, 2.05) is 0 Å². The molecule has 1 aromatic carbocycles. The molecule has 0 saturated heterocycles. The van der Waals surface area contributed by atoms with E-state index in [1.165, 1.54) is 0 Å². The maximum Gasteiger partial charge on any atom is 0.338 e. The third kappa shape index (κ3) is 2.44. The highest BCUT2D eigenvalue weighted by Gasteiger charge is 2.21. The Morgan fingerprint density at radius 3 is 2.74 bits per heavy atom. The molecule has 1 aromatic heterocycles. The zero-order valence-corrected chi connectivity index (χ0v) is 10.2. The predicted octanol–water partition coefficient (Wildman–Crippen LogP) is 0.747. The summed E-state index contributed by atoms with van der Waals surface area (Å²) in [6, 6.07) is 6.65. The molecule has 0 atom stereocenters. The zero-order chi connectivity index (χ0) is 13.8. The van der Waals surface area contributed by atoms with Crippen molar-refractivity contribution in [3.8, 4) is 11.3 Å². The van der Waals surface area contributed by atoms with Crippen molar-refractivity contribution in [3.05, 3.63) is 35.5 Å². The number of rotatable bonds is 4. The molecule has 3 N–H and O–H groups in total. The number of carbonyl (C=O) groups is 2. The molecule has 0 aliphatic rings. The van der Waals surface area contributed by atoms with Crippen molar-refractivity contribution >= 4 is 11.9 Å². The summed E-state index contributed by atoms with van der Waals surface area (Å²) in [4.78, 5) is 23.1. The molecule has 2 aromatic rings. The van der Waals surface area contributed by atoms with E-state index in [-0.39, 0.29) is 18.0 Å². The van der Waals surface area contributed by atoms with Crippen LogP contribution in [0.15, 0.2) is 24.3 Å². The molecule has 1 amide bonds. The Hall–Kier alpha value is -2.70. The Kier molecular flexibility index (Phi) is 3.56. The smallest absolute Gasteiger partial charge is 0.338 e. The van der Waals surface area contributed by atoms with Gasteiger partial charge in [-0.25, -0.2) is 4.79 Å². The normalized spacial score (nSPS) is 10.2. The van der Waals surface area contributed by atoms with Crippen LogP contribution < -0.4 is 5.73 Å². The summed E-state index contributed by atoms with van der Waals surface area (Å²) < 4.78 is 4.95. The van der Waals surface area contributed by atoms with E-state index >= 15 is 0 Å². The number of primary amides is 1. The quantitative estimate of drug-likeness (QED) is 0.788. The van der Waals surface area contributed by atoms with Crippen molar-refractivity contribution in [3.63, 3.8) is 0 Å². The van der Waals surface area contributed by atoms with E-state index in [2.05, 4.69) is 15.4 Å². The average Bonchev–Trinajstić information content (AvgIpc) is 2.88. The average molecular weight is 260 g/mol. The summed E-state index contributed by atoms with van der Waals surface area (Å²) in [6.45, 7) is 1.97. The number of nitrogens with zero attached hydrogens (tertiary/aromatic N) is 2. The Morgan fingerprint density at radius 2 is 2.05 bits per heavy atom. The monoisotopic (exact) mass is 260 g/mol. The van der Waals surface area contributed by atoms with E-state index in [0.717, 1.165) is 0 Å². The minimum absolute atomic E-state index is 0.0169. The molecule has 19 heavy (non-hydrogen) atoms. The Labute approximate surface area is 108 Å². The van der Waals surface area contributed by atoms with Crippen molar-refractivity contribution in [1.29, 1.82) is 0 Å². The number of aromatic nitrogens is 3. The second-order valence-corrected chi connectivity index (χ2v) is 3.65. The van der Waals surface area contributed by atoms with Gasteiger partial charge in [0.2, 0.25) is 0 Å². The summed E-state index contributed by atoms with van der Waals surface area (Å²) in [7, 11) is 0. The van der Waals surface area contributed by atoms with Gasteiger partial charge >= 0.3 is 5.97 Å². The molecule has 1 heterocycles. The molecule has 7 nitrogen and oxygen atoms in total. The molecular weight excluding hydrogens is 248 g/mol. The molecule has 0 radical (unpaired) electrons. The van der Waals surface area contributed by atoms with E-state index in [9.17, 15) is 9.59 Å². The van der Waals surface area contributed by atoms with Gasteiger partial charge in [-0.15, -0.1) is 0 Å². The number of nitrogens with two attached hydrogens (primary N) is 1. The maximum atomic E-state index is 11.8. The van der Waals surface area contributed by atoms with Crippen LogP contribution in [0.1, 0.15) is 27.8 Å². The van der Waals surface area contributed by atoms with Crippen LogP contribution in [-0.4, -0.2) is 33.9 Å². The van der Waals surface area contributed by atoms with Crippen LogP contribution in [0.4, 0.5) is 0 Å². The standard InChI is InChI=1S/C12H12N4O3/c1-2-19-12(18)8-6-4-3-5-7(8)9-10(11(13)17)15-16-14-9/h3-6H,2H2,1H3,(H2,13,17)(H,14,15,16). The van der Waals surface area contributed by atoms with Crippen LogP contribution in [0.25, 0.3) is 11.3 Å². The van der Waals surface area contributed by atoms with Gasteiger partial charge in [0.25, 0.3) is 5.91 Å². The third-order valence-electron chi connectivity index (χ3n) is 2.46. The first-order valence-electron chi connectivity index (χ1n) is 5.62. The number of ether oxygens (including phenoxy) is 1. The topological polar surface area (TPSA) is 111 Å². The summed E-state index contributed by atoms with van der Waals surface area (Å²) in [6.07, 6.45) is 0. The van der Waals surface area contributed by atoms with Gasteiger partial charge in [0.05, 0.1) is 12.2 Å². The number of hydrogen-bond donors (Lipinski definition) is 2. The fraction of sp³-hybridized carbons (Fsp3) is 0.167. The van der Waals surface area contributed by atoms with Crippen molar-refractivity contribution in [2.45, 2.75) is 6.92 Å². The van der Waals surface area contributed by atoms with E-state index in [4.69, 9.17) is 10.5 Å². The van der Waals surface area contributed by atoms with Gasteiger partial charge in [-0.3, -0.25) is 4.79 Å². The van der Waals surface area contributed by atoms with Crippen LogP contribution >= 0.6 is 0 Å². The van der Waals surface area contributed by atoms with E-state index in [1.54, 1.807) is 31.2 Å². The second-order valence-electron chi connectivity index (χ2n) is 3.65. The zero-order valence-electron chi connectivity index (χ0n) is 10.2. The fourth-order valence-electron chi connectivity index (χ4n) is 1.67. The first-order chi connectivity index (χ1) is 9.15. The molecule has 0 unspecified atom stereocenters. The molecule has 0 bridgehead atoms. The van der Waals surface area contributed by atoms with Crippen molar-refractivity contribution < 1.29 is 14.3 Å². The predicted molar refractivity (Wildman–Crippen MR) is 66.3 cm³/mol. The minimum Gasteiger partial charge on any atom is -0.462 e. The summed E-state index contributed by atoms with van der Waals surface area (Å²) in [5, 5.41) is 9.87. The molecular formula is C12H12N4O3. The number of carbonyl (C=O) groups excluding carboxylic acids is 2. The molecule has 0 spiro atoms. The fourth-order valence-corrected chi connectivity index (χ4v) is 1.67. The lowest BCUT2D eigenvalue weighted by molar-refractivity contribution is 0.0527. The lowest BCUT2D eigenvalue weighted by atomic mass is 10.0. The first-order valence-corrected chi connectivity index (χ1v) is 5.62. The van der Waals surface area contributed by atoms with Gasteiger partial charge in [0.15, 0.2) is 5.69 Å². The van der Waals surface area contributed by atoms with Gasteiger partial charge < -0.3 is 10.5 Å². The Balaban J connectivity index is 2.53. The number of aromatic amines is 1. The molecule has 0 saturated carbocycles. The summed E-state index contributed by atoms with van der Waals surface area (Å²) >= 11 is 0. The Morgan fingerprint density at radius 1 is 1.32 bits per heavy atom. The highest BCUT2D eigenvalue weighted by molar-refractivity contribution is 6.02. The van der Waals surface area contributed by atoms with Crippen LogP contribution in [0.5, 0.6) is 0 Å². The van der Waals surface area contributed by atoms with Crippen LogP contribution in [-0.2, 0) is 4.74 Å². The van der Waals surface area contributed by atoms with Gasteiger partial charge in [-0.1, -0.05) is 18.2 Å². The second kappa shape index (κ2) is 5.30. The molecule has 2 rings (SSSR count). The lowest BCUT2D eigenvalue weighted by Gasteiger charge is -2.06. The lowest BCUT2D eigenvalue weighted by Crippen LogP contribution is -2.14. The number of nitrogens with one attached hydrogen (secondary N) is 1. The van der Waals surface area contributed by atoms with Crippen LogP contribution in [0, 0.1) is 0 Å². The largest absolute Gasteiger partial charge is 0.462 e. The first kappa shape index (κ1) is 12.7. The Bertz CT molecular complexity index is 621. The van der Waals surface area contributed by atoms with Crippen molar-refractivity contribution in [1.82, 2.24) is 15.4 Å².